The Morgan fingerprint density at radius 1 is 1.42 bits per heavy atom. The maximum absolute atomic E-state index is 12.2. The molecule has 7 heteroatoms. The van der Waals surface area contributed by atoms with Crippen LogP contribution in [0.5, 0.6) is 0 Å². The average Bonchev–Trinajstić information content (AvgIpc) is 2.72. The first-order chi connectivity index (χ1) is 11.2. The predicted molar refractivity (Wildman–Crippen MR) is 98.5 cm³/mol. The van der Waals surface area contributed by atoms with Gasteiger partial charge in [-0.3, -0.25) is 0 Å². The van der Waals surface area contributed by atoms with Crippen molar-refractivity contribution >= 4 is 44.7 Å². The van der Waals surface area contributed by atoms with Crippen molar-refractivity contribution in [1.82, 2.24) is 14.5 Å². The van der Waals surface area contributed by atoms with Gasteiger partial charge in [-0.2, -0.15) is 0 Å². The third-order valence-electron chi connectivity index (χ3n) is 4.31. The van der Waals surface area contributed by atoms with Gasteiger partial charge in [-0.05, 0) is 61.7 Å². The zero-order chi connectivity index (χ0) is 17.6. The van der Waals surface area contributed by atoms with Crippen molar-refractivity contribution in [3.63, 3.8) is 0 Å². The van der Waals surface area contributed by atoms with Crippen LogP contribution in [0, 0.1) is 0 Å². The molecule has 0 saturated heterocycles. The lowest BCUT2D eigenvalue weighted by atomic mass is 9.85. The van der Waals surface area contributed by atoms with E-state index in [-0.39, 0.29) is 12.1 Å². The van der Waals surface area contributed by atoms with Crippen LogP contribution >= 0.6 is 27.5 Å². The van der Waals surface area contributed by atoms with E-state index in [2.05, 4.69) is 25.5 Å². The molecule has 0 aliphatic heterocycles. The number of fused-ring (bicyclic) bond motifs is 1. The van der Waals surface area contributed by atoms with Crippen LogP contribution in [0.2, 0.25) is 5.15 Å². The Morgan fingerprint density at radius 2 is 2.08 bits per heavy atom. The standard InChI is InChI=1S/C17H21BrClN3O2/c1-17(2,3)24-16(23)21(4)10-7-11(8-10)22-9-13(18)12-5-6-14(19)20-15(12)22/h5-6,9-11H,7-8H2,1-4H3. The summed E-state index contributed by atoms with van der Waals surface area (Å²) < 4.78 is 8.58. The van der Waals surface area contributed by atoms with Gasteiger partial charge in [0.1, 0.15) is 16.4 Å². The molecule has 130 valence electrons. The highest BCUT2D eigenvalue weighted by atomic mass is 79.9. The van der Waals surface area contributed by atoms with Crippen molar-refractivity contribution in [2.45, 2.75) is 51.3 Å². The molecule has 0 atom stereocenters. The summed E-state index contributed by atoms with van der Waals surface area (Å²) in [7, 11) is 1.80. The molecule has 2 aromatic heterocycles. The predicted octanol–water partition coefficient (Wildman–Crippen LogP) is 5.02. The number of aromatic nitrogens is 2. The zero-order valence-electron chi connectivity index (χ0n) is 14.2. The van der Waals surface area contributed by atoms with Gasteiger partial charge in [0, 0.05) is 35.2 Å². The van der Waals surface area contributed by atoms with E-state index in [4.69, 9.17) is 16.3 Å². The van der Waals surface area contributed by atoms with E-state index in [0.717, 1.165) is 28.3 Å². The van der Waals surface area contributed by atoms with Gasteiger partial charge in [-0.15, -0.1) is 0 Å². The lowest BCUT2D eigenvalue weighted by molar-refractivity contribution is 0.00809. The molecule has 0 aromatic carbocycles. The minimum atomic E-state index is -0.476. The number of amides is 1. The van der Waals surface area contributed by atoms with Crippen molar-refractivity contribution < 1.29 is 9.53 Å². The number of rotatable bonds is 2. The molecular weight excluding hydrogens is 394 g/mol. The first kappa shape index (κ1) is 17.5. The Hall–Kier alpha value is -1.27. The van der Waals surface area contributed by atoms with Gasteiger partial charge in [-0.1, -0.05) is 11.6 Å². The molecule has 0 spiro atoms. The number of carbonyl (C=O) groups excluding carboxylic acids is 1. The first-order valence-corrected chi connectivity index (χ1v) is 9.11. The molecular formula is C17H21BrClN3O2. The van der Waals surface area contributed by atoms with Gasteiger partial charge in [0.25, 0.3) is 0 Å². The number of ether oxygens (including phenoxy) is 1. The van der Waals surface area contributed by atoms with E-state index >= 15 is 0 Å². The Kier molecular flexibility index (Phi) is 4.55. The van der Waals surface area contributed by atoms with Gasteiger partial charge in [0.2, 0.25) is 0 Å². The molecule has 0 bridgehead atoms. The second-order valence-electron chi connectivity index (χ2n) is 7.26. The number of pyridine rings is 1. The number of halogens is 2. The number of hydrogen-bond acceptors (Lipinski definition) is 3. The fourth-order valence-electron chi connectivity index (χ4n) is 2.93. The molecule has 1 saturated carbocycles. The van der Waals surface area contributed by atoms with Crippen molar-refractivity contribution in [3.05, 3.63) is 28.0 Å². The van der Waals surface area contributed by atoms with Crippen molar-refractivity contribution in [2.24, 2.45) is 0 Å². The molecule has 5 nitrogen and oxygen atoms in total. The summed E-state index contributed by atoms with van der Waals surface area (Å²) in [5.41, 5.74) is 0.397. The van der Waals surface area contributed by atoms with Gasteiger partial charge in [0.15, 0.2) is 0 Å². The molecule has 0 radical (unpaired) electrons. The van der Waals surface area contributed by atoms with Crippen LogP contribution in [-0.4, -0.2) is 39.2 Å². The van der Waals surface area contributed by atoms with Crippen LogP contribution < -0.4 is 0 Å². The highest BCUT2D eigenvalue weighted by Crippen LogP contribution is 2.39. The minimum absolute atomic E-state index is 0.181. The summed E-state index contributed by atoms with van der Waals surface area (Å²) in [6, 6.07) is 4.24. The fourth-order valence-corrected chi connectivity index (χ4v) is 3.60. The topological polar surface area (TPSA) is 47.4 Å². The fraction of sp³-hybridized carbons (Fsp3) is 0.529. The SMILES string of the molecule is CN(C(=O)OC(C)(C)C)C1CC(n2cc(Br)c3ccc(Cl)nc32)C1. The van der Waals surface area contributed by atoms with E-state index in [0.29, 0.717) is 11.2 Å². The summed E-state index contributed by atoms with van der Waals surface area (Å²) in [6.45, 7) is 5.63. The molecule has 1 aliphatic carbocycles. The van der Waals surface area contributed by atoms with Gasteiger partial charge >= 0.3 is 6.09 Å². The summed E-state index contributed by atoms with van der Waals surface area (Å²) in [4.78, 5) is 18.3. The van der Waals surface area contributed by atoms with Gasteiger partial charge < -0.3 is 14.2 Å². The van der Waals surface area contributed by atoms with Crippen LogP contribution in [0.25, 0.3) is 11.0 Å². The van der Waals surface area contributed by atoms with E-state index in [1.807, 2.05) is 33.0 Å². The van der Waals surface area contributed by atoms with E-state index in [9.17, 15) is 4.79 Å². The highest BCUT2D eigenvalue weighted by molar-refractivity contribution is 9.10. The molecule has 0 unspecified atom stereocenters. The number of nitrogens with zero attached hydrogens (tertiary/aromatic N) is 3. The molecule has 0 N–H and O–H groups in total. The van der Waals surface area contributed by atoms with Crippen LogP contribution in [-0.2, 0) is 4.74 Å². The quantitative estimate of drug-likeness (QED) is 0.648. The van der Waals surface area contributed by atoms with Crippen molar-refractivity contribution in [2.75, 3.05) is 7.05 Å². The molecule has 1 aliphatic rings. The monoisotopic (exact) mass is 413 g/mol. The molecule has 2 aromatic rings. The van der Waals surface area contributed by atoms with Gasteiger partial charge in [0.05, 0.1) is 0 Å². The number of hydrogen-bond donors (Lipinski definition) is 0. The lowest BCUT2D eigenvalue weighted by Crippen LogP contribution is -2.47. The molecule has 24 heavy (non-hydrogen) atoms. The summed E-state index contributed by atoms with van der Waals surface area (Å²) >= 11 is 9.61. The Balaban J connectivity index is 1.71. The van der Waals surface area contributed by atoms with Crippen molar-refractivity contribution in [3.8, 4) is 0 Å². The third kappa shape index (κ3) is 3.40. The van der Waals surface area contributed by atoms with Crippen LogP contribution in [0.15, 0.2) is 22.8 Å². The Morgan fingerprint density at radius 3 is 2.71 bits per heavy atom. The smallest absolute Gasteiger partial charge is 0.410 e. The zero-order valence-corrected chi connectivity index (χ0v) is 16.6. The molecule has 2 heterocycles. The first-order valence-electron chi connectivity index (χ1n) is 7.94. The number of carbonyl (C=O) groups is 1. The van der Waals surface area contributed by atoms with Crippen LogP contribution in [0.4, 0.5) is 4.79 Å². The maximum atomic E-state index is 12.2. The largest absolute Gasteiger partial charge is 0.444 e. The molecule has 1 amide bonds. The third-order valence-corrected chi connectivity index (χ3v) is 5.15. The molecule has 3 rings (SSSR count). The summed E-state index contributed by atoms with van der Waals surface area (Å²) in [5, 5.41) is 1.53. The van der Waals surface area contributed by atoms with E-state index in [1.165, 1.54) is 0 Å². The Labute approximate surface area is 155 Å². The Bertz CT molecular complexity index is 778. The second-order valence-corrected chi connectivity index (χ2v) is 8.50. The lowest BCUT2D eigenvalue weighted by Gasteiger charge is -2.42. The van der Waals surface area contributed by atoms with Crippen LogP contribution in [0.1, 0.15) is 39.7 Å². The minimum Gasteiger partial charge on any atom is -0.444 e. The maximum Gasteiger partial charge on any atom is 0.410 e. The highest BCUT2D eigenvalue weighted by Gasteiger charge is 2.37. The normalized spacial score (nSPS) is 20.8. The van der Waals surface area contributed by atoms with Crippen molar-refractivity contribution in [1.29, 1.82) is 0 Å². The average molecular weight is 415 g/mol. The van der Waals surface area contributed by atoms with E-state index in [1.54, 1.807) is 18.0 Å². The second kappa shape index (κ2) is 6.23. The van der Waals surface area contributed by atoms with E-state index < -0.39 is 5.60 Å². The van der Waals surface area contributed by atoms with Crippen LogP contribution in [0.3, 0.4) is 0 Å². The summed E-state index contributed by atoms with van der Waals surface area (Å²) in [6.07, 6.45) is 3.52. The summed E-state index contributed by atoms with van der Waals surface area (Å²) in [5.74, 6) is 0. The molecule has 1 fully saturated rings. The van der Waals surface area contributed by atoms with Gasteiger partial charge in [-0.25, -0.2) is 9.78 Å².